The van der Waals surface area contributed by atoms with Gasteiger partial charge in [-0.2, -0.15) is 0 Å². The highest BCUT2D eigenvalue weighted by Gasteiger charge is 2.24. The third-order valence-electron chi connectivity index (χ3n) is 4.56. The number of carbonyl (C=O) groups is 1. The number of nitrogens with zero attached hydrogens (tertiary/aromatic N) is 4. The van der Waals surface area contributed by atoms with Crippen LogP contribution in [-0.2, 0) is 11.2 Å². The van der Waals surface area contributed by atoms with Crippen LogP contribution in [0.1, 0.15) is 9.88 Å². The lowest BCUT2D eigenvalue weighted by atomic mass is 10.1. The van der Waals surface area contributed by atoms with Gasteiger partial charge in [0.25, 0.3) is 0 Å². The molecule has 0 atom stereocenters. The van der Waals surface area contributed by atoms with Crippen molar-refractivity contribution in [2.24, 2.45) is 0 Å². The fraction of sp³-hybridized carbons (Fsp3) is 0.316. The molecule has 0 spiro atoms. The number of rotatable bonds is 4. The van der Waals surface area contributed by atoms with Gasteiger partial charge in [0.2, 0.25) is 5.91 Å². The van der Waals surface area contributed by atoms with Crippen LogP contribution in [0.3, 0.4) is 0 Å². The van der Waals surface area contributed by atoms with E-state index < -0.39 is 0 Å². The molecule has 0 N–H and O–H groups in total. The summed E-state index contributed by atoms with van der Waals surface area (Å²) in [6, 6.07) is 6.27. The lowest BCUT2D eigenvalue weighted by Crippen LogP contribution is -2.49. The van der Waals surface area contributed by atoms with Gasteiger partial charge in [-0.15, -0.1) is 22.7 Å². The first kappa shape index (κ1) is 18.1. The molecule has 0 aliphatic carbocycles. The van der Waals surface area contributed by atoms with Crippen LogP contribution in [-0.4, -0.2) is 47.0 Å². The quantitative estimate of drug-likeness (QED) is 0.669. The van der Waals surface area contributed by atoms with E-state index in [2.05, 4.69) is 14.9 Å². The molecule has 27 heavy (non-hydrogen) atoms. The van der Waals surface area contributed by atoms with Crippen LogP contribution < -0.4 is 4.90 Å². The van der Waals surface area contributed by atoms with Gasteiger partial charge < -0.3 is 9.80 Å². The average Bonchev–Trinajstić information content (AvgIpc) is 3.33. The van der Waals surface area contributed by atoms with Crippen molar-refractivity contribution in [1.82, 2.24) is 14.9 Å². The Morgan fingerprint density at radius 2 is 1.93 bits per heavy atom. The van der Waals surface area contributed by atoms with E-state index in [4.69, 9.17) is 0 Å². The lowest BCUT2D eigenvalue weighted by molar-refractivity contribution is -0.130. The van der Waals surface area contributed by atoms with Crippen molar-refractivity contribution in [3.05, 3.63) is 51.5 Å². The Labute approximate surface area is 165 Å². The summed E-state index contributed by atoms with van der Waals surface area (Å²) < 4.78 is 13.2. The molecular weight excluding hydrogens is 383 g/mol. The number of amides is 1. The molecule has 3 aromatic rings. The van der Waals surface area contributed by atoms with Gasteiger partial charge in [-0.3, -0.25) is 4.79 Å². The zero-order valence-corrected chi connectivity index (χ0v) is 16.5. The topological polar surface area (TPSA) is 49.3 Å². The minimum absolute atomic E-state index is 0.112. The Morgan fingerprint density at radius 3 is 2.59 bits per heavy atom. The highest BCUT2D eigenvalue weighted by molar-refractivity contribution is 7.13. The Hall–Kier alpha value is -2.32. The molecule has 0 saturated carbocycles. The molecule has 0 bridgehead atoms. The summed E-state index contributed by atoms with van der Waals surface area (Å²) in [5.41, 5.74) is 1.63. The molecule has 1 aromatic carbocycles. The molecule has 0 unspecified atom stereocenters. The van der Waals surface area contributed by atoms with Gasteiger partial charge in [0.05, 0.1) is 17.1 Å². The second-order valence-corrected chi connectivity index (χ2v) is 8.53. The third kappa shape index (κ3) is 4.01. The second-order valence-electron chi connectivity index (χ2n) is 6.37. The Bertz CT molecular complexity index is 916. The van der Waals surface area contributed by atoms with E-state index in [1.807, 2.05) is 17.2 Å². The largest absolute Gasteiger partial charge is 0.345 e. The number of anilines is 1. The second kappa shape index (κ2) is 7.74. The van der Waals surface area contributed by atoms with Gasteiger partial charge >= 0.3 is 0 Å². The zero-order chi connectivity index (χ0) is 18.8. The molecule has 3 heterocycles. The van der Waals surface area contributed by atoms with Gasteiger partial charge in [0, 0.05) is 48.2 Å². The van der Waals surface area contributed by atoms with E-state index in [0.29, 0.717) is 19.5 Å². The maximum Gasteiger partial charge on any atom is 0.228 e. The van der Waals surface area contributed by atoms with E-state index >= 15 is 0 Å². The number of benzene rings is 1. The molecule has 1 amide bonds. The van der Waals surface area contributed by atoms with Crippen LogP contribution in [0.4, 0.5) is 9.52 Å². The predicted molar refractivity (Wildman–Crippen MR) is 107 cm³/mol. The zero-order valence-electron chi connectivity index (χ0n) is 14.9. The Kier molecular flexibility index (Phi) is 5.18. The smallest absolute Gasteiger partial charge is 0.228 e. The minimum atomic E-state index is -0.276. The standard InChI is InChI=1S/C19H19FN4OS2/c1-13-22-18(14-2-4-15(20)5-3-14)16(27-13)12-17(25)23-7-9-24(10-8-23)19-21-6-11-26-19/h2-6,11H,7-10,12H2,1H3. The first-order valence-corrected chi connectivity index (χ1v) is 10.4. The molecule has 4 rings (SSSR count). The summed E-state index contributed by atoms with van der Waals surface area (Å²) in [6.07, 6.45) is 2.14. The molecular formula is C19H19FN4OS2. The van der Waals surface area contributed by atoms with E-state index in [0.717, 1.165) is 39.4 Å². The summed E-state index contributed by atoms with van der Waals surface area (Å²) in [5.74, 6) is -0.165. The van der Waals surface area contributed by atoms with E-state index in [1.54, 1.807) is 29.7 Å². The van der Waals surface area contributed by atoms with Crippen molar-refractivity contribution in [1.29, 1.82) is 0 Å². The molecule has 140 valence electrons. The SMILES string of the molecule is Cc1nc(-c2ccc(F)cc2)c(CC(=O)N2CCN(c3nccs3)CC2)s1. The number of thiazole rings is 2. The molecule has 1 fully saturated rings. The van der Waals surface area contributed by atoms with Crippen molar-refractivity contribution in [3.8, 4) is 11.3 Å². The number of carbonyl (C=O) groups excluding carboxylic acids is 1. The van der Waals surface area contributed by atoms with Gasteiger partial charge in [-0.05, 0) is 31.2 Å². The highest BCUT2D eigenvalue weighted by Crippen LogP contribution is 2.29. The summed E-state index contributed by atoms with van der Waals surface area (Å²) in [7, 11) is 0. The molecule has 8 heteroatoms. The van der Waals surface area contributed by atoms with Crippen molar-refractivity contribution in [2.75, 3.05) is 31.1 Å². The first-order chi connectivity index (χ1) is 13.1. The van der Waals surface area contributed by atoms with E-state index in [-0.39, 0.29) is 11.7 Å². The number of hydrogen-bond donors (Lipinski definition) is 0. The van der Waals surface area contributed by atoms with Crippen LogP contribution in [0.15, 0.2) is 35.8 Å². The summed E-state index contributed by atoms with van der Waals surface area (Å²) >= 11 is 3.16. The van der Waals surface area contributed by atoms with Gasteiger partial charge in [0.15, 0.2) is 5.13 Å². The van der Waals surface area contributed by atoms with E-state index in [9.17, 15) is 9.18 Å². The van der Waals surface area contributed by atoms with Crippen LogP contribution in [0.5, 0.6) is 0 Å². The lowest BCUT2D eigenvalue weighted by Gasteiger charge is -2.34. The molecule has 0 radical (unpaired) electrons. The molecule has 2 aromatic heterocycles. The van der Waals surface area contributed by atoms with Gasteiger partial charge in [0.1, 0.15) is 5.82 Å². The Morgan fingerprint density at radius 1 is 1.19 bits per heavy atom. The molecule has 5 nitrogen and oxygen atoms in total. The van der Waals surface area contributed by atoms with Crippen molar-refractivity contribution >= 4 is 33.7 Å². The summed E-state index contributed by atoms with van der Waals surface area (Å²) in [5, 5.41) is 3.89. The number of halogens is 1. The minimum Gasteiger partial charge on any atom is -0.345 e. The monoisotopic (exact) mass is 402 g/mol. The van der Waals surface area contributed by atoms with Crippen molar-refractivity contribution in [3.63, 3.8) is 0 Å². The van der Waals surface area contributed by atoms with Crippen LogP contribution in [0, 0.1) is 12.7 Å². The van der Waals surface area contributed by atoms with Crippen molar-refractivity contribution in [2.45, 2.75) is 13.3 Å². The maximum absolute atomic E-state index is 13.2. The van der Waals surface area contributed by atoms with E-state index in [1.165, 1.54) is 23.5 Å². The van der Waals surface area contributed by atoms with Crippen LogP contribution >= 0.6 is 22.7 Å². The number of aryl methyl sites for hydroxylation is 1. The predicted octanol–water partition coefficient (Wildman–Crippen LogP) is 3.61. The fourth-order valence-corrected chi connectivity index (χ4v) is 4.84. The molecule has 1 saturated heterocycles. The number of aromatic nitrogens is 2. The summed E-state index contributed by atoms with van der Waals surface area (Å²) in [4.78, 5) is 26.8. The third-order valence-corrected chi connectivity index (χ3v) is 6.36. The van der Waals surface area contributed by atoms with Gasteiger partial charge in [-0.25, -0.2) is 14.4 Å². The molecule has 1 aliphatic rings. The normalized spacial score (nSPS) is 14.6. The number of hydrogen-bond acceptors (Lipinski definition) is 6. The van der Waals surface area contributed by atoms with Crippen molar-refractivity contribution < 1.29 is 9.18 Å². The average molecular weight is 403 g/mol. The summed E-state index contributed by atoms with van der Waals surface area (Å²) in [6.45, 7) is 4.92. The Balaban J connectivity index is 1.44. The fourth-order valence-electron chi connectivity index (χ4n) is 3.19. The molecule has 1 aliphatic heterocycles. The first-order valence-electron chi connectivity index (χ1n) is 8.74. The maximum atomic E-state index is 13.2. The van der Waals surface area contributed by atoms with Crippen LogP contribution in [0.2, 0.25) is 0 Å². The number of piperazine rings is 1. The van der Waals surface area contributed by atoms with Crippen LogP contribution in [0.25, 0.3) is 11.3 Å². The van der Waals surface area contributed by atoms with Gasteiger partial charge in [-0.1, -0.05) is 0 Å². The highest BCUT2D eigenvalue weighted by atomic mass is 32.1.